The van der Waals surface area contributed by atoms with E-state index in [1.165, 1.54) is 6.92 Å². The Hall–Kier alpha value is -5.80. The highest BCUT2D eigenvalue weighted by atomic mass is 16.7. The molecule has 6 atom stereocenters. The summed E-state index contributed by atoms with van der Waals surface area (Å²) in [6, 6.07) is 21.7. The zero-order chi connectivity index (χ0) is 38.8. The largest absolute Gasteiger partial charge is 0.463 e. The number of fused-ring (bicyclic) bond motifs is 3. The third kappa shape index (κ3) is 10.2. The molecular formula is C39H42N2O13. The zero-order valence-corrected chi connectivity index (χ0v) is 30.2. The van der Waals surface area contributed by atoms with E-state index in [-0.39, 0.29) is 19.1 Å². The summed E-state index contributed by atoms with van der Waals surface area (Å²) in [6.07, 6.45) is -6.44. The normalized spacial score (nSPS) is 20.6. The summed E-state index contributed by atoms with van der Waals surface area (Å²) in [6.45, 7) is 3.35. The Balaban J connectivity index is 1.36. The van der Waals surface area contributed by atoms with Crippen molar-refractivity contribution >= 4 is 35.9 Å². The molecule has 5 rings (SSSR count). The quantitative estimate of drug-likeness (QED) is 0.181. The molecule has 2 amide bonds. The molecule has 1 aliphatic heterocycles. The highest BCUT2D eigenvalue weighted by Gasteiger charge is 2.51. The van der Waals surface area contributed by atoms with Gasteiger partial charge >= 0.3 is 30.0 Å². The average Bonchev–Trinajstić information content (AvgIpc) is 3.46. The molecule has 0 bridgehead atoms. The predicted octanol–water partition coefficient (Wildman–Crippen LogP) is 3.31. The van der Waals surface area contributed by atoms with Crippen LogP contribution in [0.25, 0.3) is 11.1 Å². The number of ether oxygens (including phenoxy) is 7. The van der Waals surface area contributed by atoms with E-state index in [2.05, 4.69) is 10.6 Å². The summed E-state index contributed by atoms with van der Waals surface area (Å²) in [4.78, 5) is 75.3. The zero-order valence-electron chi connectivity index (χ0n) is 30.2. The fourth-order valence-electron chi connectivity index (χ4n) is 6.40. The van der Waals surface area contributed by atoms with Gasteiger partial charge in [-0.2, -0.15) is 0 Å². The molecule has 15 nitrogen and oxygen atoms in total. The van der Waals surface area contributed by atoms with Gasteiger partial charge in [-0.3, -0.25) is 19.2 Å². The maximum atomic E-state index is 13.5. The summed E-state index contributed by atoms with van der Waals surface area (Å²) < 4.78 is 39.3. The van der Waals surface area contributed by atoms with Gasteiger partial charge < -0.3 is 43.8 Å². The Labute approximate surface area is 311 Å². The molecule has 1 fully saturated rings. The van der Waals surface area contributed by atoms with Crippen molar-refractivity contribution in [2.24, 2.45) is 0 Å². The topological polar surface area (TPSA) is 191 Å². The molecular weight excluding hydrogens is 704 g/mol. The van der Waals surface area contributed by atoms with Crippen LogP contribution >= 0.6 is 0 Å². The Morgan fingerprint density at radius 2 is 1.28 bits per heavy atom. The minimum absolute atomic E-state index is 0.0394. The standard InChI is InChI=1S/C39H42N2O13/c1-22(42)40-34-36(53-25(4)45)35(52-24(3)44)33(21-48-23(2)43)54-38(34)50-20-32(37(46)49-18-26-12-6-5-7-13-26)41-39(47)51-19-31-29-16-10-8-14-27(29)28-15-9-11-17-30(28)31/h5-17,31-36,38H,18-21H2,1-4H3,(H,40,42)(H,41,47)/t32-,33+,34-,35-,36+,38+/m0/s1. The van der Waals surface area contributed by atoms with E-state index in [4.69, 9.17) is 33.2 Å². The van der Waals surface area contributed by atoms with Crippen molar-refractivity contribution in [1.82, 2.24) is 10.6 Å². The number of hydrogen-bond acceptors (Lipinski definition) is 13. The van der Waals surface area contributed by atoms with Crippen molar-refractivity contribution in [2.45, 2.75) is 76.9 Å². The first-order valence-electron chi connectivity index (χ1n) is 17.2. The highest BCUT2D eigenvalue weighted by molar-refractivity contribution is 5.82. The van der Waals surface area contributed by atoms with Crippen molar-refractivity contribution in [2.75, 3.05) is 19.8 Å². The van der Waals surface area contributed by atoms with Crippen LogP contribution in [-0.4, -0.2) is 92.4 Å². The van der Waals surface area contributed by atoms with E-state index in [9.17, 15) is 28.8 Å². The SMILES string of the molecule is CC(=O)N[C@@H]1[C@H](OC[C@H](NC(=O)OCC2c3ccccc3-c3ccccc32)C(=O)OCc2ccccc2)O[C@H](COC(C)=O)[C@H](OC(C)=O)[C@@H]1OC(C)=O. The van der Waals surface area contributed by atoms with Gasteiger partial charge in [0.05, 0.1) is 6.61 Å². The lowest BCUT2D eigenvalue weighted by Crippen LogP contribution is -2.67. The molecule has 1 heterocycles. The van der Waals surface area contributed by atoms with Gasteiger partial charge in [0, 0.05) is 33.6 Å². The van der Waals surface area contributed by atoms with Crippen LogP contribution in [0.3, 0.4) is 0 Å². The molecule has 54 heavy (non-hydrogen) atoms. The summed E-state index contributed by atoms with van der Waals surface area (Å²) >= 11 is 0. The van der Waals surface area contributed by atoms with Gasteiger partial charge in [0.2, 0.25) is 5.91 Å². The summed E-state index contributed by atoms with van der Waals surface area (Å²) in [5.74, 6) is -3.98. The number of nitrogens with one attached hydrogen (secondary N) is 2. The number of esters is 4. The van der Waals surface area contributed by atoms with E-state index in [1.54, 1.807) is 30.3 Å². The van der Waals surface area contributed by atoms with Gasteiger partial charge in [-0.25, -0.2) is 9.59 Å². The van der Waals surface area contributed by atoms with Crippen LogP contribution in [0.2, 0.25) is 0 Å². The third-order valence-corrected chi connectivity index (χ3v) is 8.64. The Morgan fingerprint density at radius 1 is 0.685 bits per heavy atom. The summed E-state index contributed by atoms with van der Waals surface area (Å²) in [5.41, 5.74) is 4.74. The number of alkyl carbamates (subject to hydrolysis) is 1. The molecule has 0 unspecified atom stereocenters. The van der Waals surface area contributed by atoms with Crippen LogP contribution in [0.15, 0.2) is 78.9 Å². The molecule has 1 saturated heterocycles. The van der Waals surface area contributed by atoms with Crippen LogP contribution in [-0.2, 0) is 63.7 Å². The van der Waals surface area contributed by atoms with Gasteiger partial charge in [-0.05, 0) is 27.8 Å². The fraction of sp³-hybridized carbons (Fsp3) is 0.385. The number of benzene rings is 3. The number of rotatable bonds is 14. The van der Waals surface area contributed by atoms with Crippen molar-refractivity contribution < 1.29 is 61.9 Å². The van der Waals surface area contributed by atoms with E-state index in [1.807, 2.05) is 48.5 Å². The fourth-order valence-corrected chi connectivity index (χ4v) is 6.40. The first-order valence-corrected chi connectivity index (χ1v) is 17.2. The summed E-state index contributed by atoms with van der Waals surface area (Å²) in [7, 11) is 0. The molecule has 0 spiro atoms. The molecule has 2 aliphatic rings. The number of amides is 2. The van der Waals surface area contributed by atoms with E-state index < -0.39 is 85.8 Å². The Kier molecular flexibility index (Phi) is 13.4. The first-order chi connectivity index (χ1) is 25.9. The molecule has 0 aromatic heterocycles. The molecule has 3 aromatic carbocycles. The molecule has 0 saturated carbocycles. The van der Waals surface area contributed by atoms with Gasteiger partial charge in [0.15, 0.2) is 24.5 Å². The lowest BCUT2D eigenvalue weighted by atomic mass is 9.96. The molecule has 2 N–H and O–H groups in total. The number of hydrogen-bond donors (Lipinski definition) is 2. The van der Waals surface area contributed by atoms with Crippen molar-refractivity contribution in [3.63, 3.8) is 0 Å². The van der Waals surface area contributed by atoms with Crippen LogP contribution in [0, 0.1) is 0 Å². The minimum atomic E-state index is -1.50. The lowest BCUT2D eigenvalue weighted by Gasteiger charge is -2.45. The molecule has 0 radical (unpaired) electrons. The maximum absolute atomic E-state index is 13.5. The summed E-state index contributed by atoms with van der Waals surface area (Å²) in [5, 5.41) is 5.11. The second kappa shape index (κ2) is 18.3. The molecule has 3 aromatic rings. The minimum Gasteiger partial charge on any atom is -0.463 e. The number of carbonyl (C=O) groups is 6. The van der Waals surface area contributed by atoms with Crippen LogP contribution in [0.4, 0.5) is 4.79 Å². The second-order valence-electron chi connectivity index (χ2n) is 12.7. The van der Waals surface area contributed by atoms with Gasteiger partial charge in [-0.15, -0.1) is 0 Å². The van der Waals surface area contributed by atoms with E-state index in [0.29, 0.717) is 5.56 Å². The van der Waals surface area contributed by atoms with Crippen molar-refractivity contribution in [3.8, 4) is 11.1 Å². The molecule has 286 valence electrons. The average molecular weight is 747 g/mol. The Morgan fingerprint density at radius 3 is 1.87 bits per heavy atom. The van der Waals surface area contributed by atoms with Gasteiger partial charge in [0.25, 0.3) is 0 Å². The van der Waals surface area contributed by atoms with Crippen LogP contribution in [0.5, 0.6) is 0 Å². The second-order valence-corrected chi connectivity index (χ2v) is 12.7. The molecule has 1 aliphatic carbocycles. The van der Waals surface area contributed by atoms with E-state index >= 15 is 0 Å². The number of carbonyl (C=O) groups excluding carboxylic acids is 6. The highest BCUT2D eigenvalue weighted by Crippen LogP contribution is 2.44. The van der Waals surface area contributed by atoms with Crippen LogP contribution in [0.1, 0.15) is 50.3 Å². The molecule has 15 heteroatoms. The van der Waals surface area contributed by atoms with Gasteiger partial charge in [0.1, 0.15) is 32.0 Å². The van der Waals surface area contributed by atoms with Gasteiger partial charge in [-0.1, -0.05) is 78.9 Å². The van der Waals surface area contributed by atoms with Crippen LogP contribution < -0.4 is 10.6 Å². The van der Waals surface area contributed by atoms with Crippen molar-refractivity contribution in [1.29, 1.82) is 0 Å². The third-order valence-electron chi connectivity index (χ3n) is 8.64. The smallest absolute Gasteiger partial charge is 0.407 e. The lowest BCUT2D eigenvalue weighted by molar-refractivity contribution is -0.278. The van der Waals surface area contributed by atoms with E-state index in [0.717, 1.165) is 43.0 Å². The Bertz CT molecular complexity index is 1790. The van der Waals surface area contributed by atoms with Crippen molar-refractivity contribution in [3.05, 3.63) is 95.6 Å². The predicted molar refractivity (Wildman–Crippen MR) is 188 cm³/mol. The maximum Gasteiger partial charge on any atom is 0.407 e. The first kappa shape index (κ1) is 39.4. The monoisotopic (exact) mass is 746 g/mol.